The Morgan fingerprint density at radius 1 is 1.18 bits per heavy atom. The summed E-state index contributed by atoms with van der Waals surface area (Å²) < 4.78 is 42.5. The quantitative estimate of drug-likeness (QED) is 0.884. The average molecular weight is 245 g/mol. The van der Waals surface area contributed by atoms with Crippen molar-refractivity contribution in [3.8, 4) is 5.75 Å². The molecular formula is C12H14F3NO. The van der Waals surface area contributed by atoms with E-state index in [1.807, 2.05) is 7.05 Å². The van der Waals surface area contributed by atoms with E-state index in [9.17, 15) is 13.2 Å². The Morgan fingerprint density at radius 2 is 1.76 bits per heavy atom. The van der Waals surface area contributed by atoms with Gasteiger partial charge >= 0.3 is 6.18 Å². The van der Waals surface area contributed by atoms with Crippen molar-refractivity contribution in [1.82, 2.24) is 5.32 Å². The fraction of sp³-hybridized carbons (Fsp3) is 0.500. The summed E-state index contributed by atoms with van der Waals surface area (Å²) >= 11 is 0. The van der Waals surface area contributed by atoms with E-state index in [4.69, 9.17) is 4.74 Å². The van der Waals surface area contributed by atoms with Crippen molar-refractivity contribution in [2.75, 3.05) is 7.05 Å². The van der Waals surface area contributed by atoms with E-state index in [0.29, 0.717) is 11.8 Å². The van der Waals surface area contributed by atoms with Crippen molar-refractivity contribution < 1.29 is 17.9 Å². The van der Waals surface area contributed by atoms with Gasteiger partial charge in [0.15, 0.2) is 0 Å². The molecule has 1 aliphatic carbocycles. The first kappa shape index (κ1) is 12.2. The van der Waals surface area contributed by atoms with Gasteiger partial charge in [0.25, 0.3) is 0 Å². The lowest BCUT2D eigenvalue weighted by molar-refractivity contribution is -0.137. The Balaban J connectivity index is 1.91. The van der Waals surface area contributed by atoms with Gasteiger partial charge in [0.2, 0.25) is 0 Å². The zero-order valence-electron chi connectivity index (χ0n) is 9.42. The van der Waals surface area contributed by atoms with Crippen molar-refractivity contribution in [3.05, 3.63) is 29.8 Å². The van der Waals surface area contributed by atoms with Crippen LogP contribution in [0.15, 0.2) is 24.3 Å². The second-order valence-electron chi connectivity index (χ2n) is 4.22. The molecule has 0 aliphatic heterocycles. The lowest BCUT2D eigenvalue weighted by Crippen LogP contribution is -2.45. The summed E-state index contributed by atoms with van der Waals surface area (Å²) in [5, 5.41) is 3.12. The molecule has 17 heavy (non-hydrogen) atoms. The number of hydrogen-bond acceptors (Lipinski definition) is 2. The van der Waals surface area contributed by atoms with Crippen LogP contribution in [0.5, 0.6) is 5.75 Å². The van der Waals surface area contributed by atoms with Crippen molar-refractivity contribution >= 4 is 0 Å². The number of benzene rings is 1. The van der Waals surface area contributed by atoms with Crippen LogP contribution >= 0.6 is 0 Å². The lowest BCUT2D eigenvalue weighted by atomic mass is 9.89. The smallest absolute Gasteiger partial charge is 0.416 e. The normalized spacial score (nSPS) is 24.2. The van der Waals surface area contributed by atoms with Crippen LogP contribution in [0.1, 0.15) is 18.4 Å². The van der Waals surface area contributed by atoms with Crippen molar-refractivity contribution in [2.45, 2.75) is 31.2 Å². The van der Waals surface area contributed by atoms with Crippen molar-refractivity contribution in [3.63, 3.8) is 0 Å². The lowest BCUT2D eigenvalue weighted by Gasteiger charge is -2.35. The zero-order valence-corrected chi connectivity index (χ0v) is 9.42. The number of nitrogens with one attached hydrogen (secondary N) is 1. The summed E-state index contributed by atoms with van der Waals surface area (Å²) in [5.74, 6) is 0.498. The molecule has 94 valence electrons. The second kappa shape index (κ2) is 4.56. The number of halogens is 3. The van der Waals surface area contributed by atoms with Crippen LogP contribution in [0.25, 0.3) is 0 Å². The van der Waals surface area contributed by atoms with Gasteiger partial charge in [-0.2, -0.15) is 13.2 Å². The molecule has 0 radical (unpaired) electrons. The van der Waals surface area contributed by atoms with Crippen LogP contribution < -0.4 is 10.1 Å². The third-order valence-electron chi connectivity index (χ3n) is 2.99. The standard InChI is InChI=1S/C12H14F3NO/c1-16-9-6-11(7-9)17-10-4-2-8(3-5-10)12(13,14)15/h2-5,9,11,16H,6-7H2,1H3. The molecule has 5 heteroatoms. The van der Waals surface area contributed by atoms with E-state index < -0.39 is 11.7 Å². The highest BCUT2D eigenvalue weighted by atomic mass is 19.4. The number of hydrogen-bond donors (Lipinski definition) is 1. The fourth-order valence-corrected chi connectivity index (χ4v) is 1.81. The molecule has 0 aromatic heterocycles. The van der Waals surface area contributed by atoms with Gasteiger partial charge in [-0.3, -0.25) is 0 Å². The molecule has 0 unspecified atom stereocenters. The minimum absolute atomic E-state index is 0.115. The molecule has 0 spiro atoms. The summed E-state index contributed by atoms with van der Waals surface area (Å²) in [6.45, 7) is 0. The van der Waals surface area contributed by atoms with Gasteiger partial charge in [-0.05, 0) is 44.2 Å². The summed E-state index contributed by atoms with van der Waals surface area (Å²) in [6, 6.07) is 5.30. The molecule has 0 atom stereocenters. The van der Waals surface area contributed by atoms with Gasteiger partial charge in [-0.25, -0.2) is 0 Å². The van der Waals surface area contributed by atoms with Gasteiger partial charge in [0.1, 0.15) is 11.9 Å². The van der Waals surface area contributed by atoms with E-state index in [2.05, 4.69) is 5.32 Å². The van der Waals surface area contributed by atoms with Crippen molar-refractivity contribution in [1.29, 1.82) is 0 Å². The van der Waals surface area contributed by atoms with E-state index in [-0.39, 0.29) is 6.10 Å². The van der Waals surface area contributed by atoms with Crippen LogP contribution in [0, 0.1) is 0 Å². The van der Waals surface area contributed by atoms with Gasteiger partial charge in [-0.1, -0.05) is 0 Å². The second-order valence-corrected chi connectivity index (χ2v) is 4.22. The Labute approximate surface area is 97.8 Å². The third-order valence-corrected chi connectivity index (χ3v) is 2.99. The molecule has 0 amide bonds. The number of alkyl halides is 3. The van der Waals surface area contributed by atoms with Gasteiger partial charge in [-0.15, -0.1) is 0 Å². The molecule has 0 saturated heterocycles. The molecular weight excluding hydrogens is 231 g/mol. The molecule has 1 fully saturated rings. The Kier molecular flexibility index (Phi) is 3.28. The molecule has 2 nitrogen and oxygen atoms in total. The van der Waals surface area contributed by atoms with Gasteiger partial charge < -0.3 is 10.1 Å². The molecule has 1 N–H and O–H groups in total. The Bertz CT molecular complexity index is 368. The number of ether oxygens (including phenoxy) is 1. The van der Waals surface area contributed by atoms with Crippen LogP contribution in [-0.4, -0.2) is 19.2 Å². The van der Waals surface area contributed by atoms with Crippen LogP contribution in [0.2, 0.25) is 0 Å². The van der Waals surface area contributed by atoms with E-state index in [1.54, 1.807) is 0 Å². The summed E-state index contributed by atoms with van der Waals surface area (Å²) in [7, 11) is 1.89. The van der Waals surface area contributed by atoms with Crippen molar-refractivity contribution in [2.24, 2.45) is 0 Å². The van der Waals surface area contributed by atoms with Crippen LogP contribution in [0.3, 0.4) is 0 Å². The SMILES string of the molecule is CNC1CC(Oc2ccc(C(F)(F)F)cc2)C1. The molecule has 1 aromatic carbocycles. The Morgan fingerprint density at radius 3 is 2.24 bits per heavy atom. The summed E-state index contributed by atoms with van der Waals surface area (Å²) in [6.07, 6.45) is -2.37. The molecule has 0 heterocycles. The van der Waals surface area contributed by atoms with Gasteiger partial charge in [0.05, 0.1) is 5.56 Å². The third kappa shape index (κ3) is 2.91. The fourth-order valence-electron chi connectivity index (χ4n) is 1.81. The van der Waals surface area contributed by atoms with Gasteiger partial charge in [0, 0.05) is 6.04 Å². The zero-order chi connectivity index (χ0) is 12.5. The predicted molar refractivity (Wildman–Crippen MR) is 57.9 cm³/mol. The minimum atomic E-state index is -4.29. The maximum Gasteiger partial charge on any atom is 0.416 e. The van der Waals surface area contributed by atoms with Crippen LogP contribution in [0.4, 0.5) is 13.2 Å². The summed E-state index contributed by atoms with van der Waals surface area (Å²) in [5.41, 5.74) is -0.647. The van der Waals surface area contributed by atoms with E-state index >= 15 is 0 Å². The molecule has 2 rings (SSSR count). The summed E-state index contributed by atoms with van der Waals surface area (Å²) in [4.78, 5) is 0. The number of rotatable bonds is 3. The largest absolute Gasteiger partial charge is 0.490 e. The molecule has 1 aliphatic rings. The maximum absolute atomic E-state index is 12.3. The average Bonchev–Trinajstić information content (AvgIpc) is 2.22. The Hall–Kier alpha value is -1.23. The monoisotopic (exact) mass is 245 g/mol. The highest BCUT2D eigenvalue weighted by Crippen LogP contribution is 2.31. The first-order valence-electron chi connectivity index (χ1n) is 5.50. The maximum atomic E-state index is 12.3. The van der Waals surface area contributed by atoms with E-state index in [1.165, 1.54) is 12.1 Å². The topological polar surface area (TPSA) is 21.3 Å². The first-order valence-corrected chi connectivity index (χ1v) is 5.50. The molecule has 1 aromatic rings. The highest BCUT2D eigenvalue weighted by Gasteiger charge is 2.31. The van der Waals surface area contributed by atoms with Crippen LogP contribution in [-0.2, 0) is 6.18 Å². The molecule has 1 saturated carbocycles. The minimum Gasteiger partial charge on any atom is -0.490 e. The van der Waals surface area contributed by atoms with E-state index in [0.717, 1.165) is 25.0 Å². The predicted octanol–water partition coefficient (Wildman–Crippen LogP) is 2.83. The highest BCUT2D eigenvalue weighted by molar-refractivity contribution is 5.29. The molecule has 0 bridgehead atoms. The first-order chi connectivity index (χ1) is 7.99.